The highest BCUT2D eigenvalue weighted by atomic mass is 16.5. The zero-order valence-corrected chi connectivity index (χ0v) is 23.9. The summed E-state index contributed by atoms with van der Waals surface area (Å²) < 4.78 is 5.91. The number of fused-ring (bicyclic) bond motifs is 6. The van der Waals surface area contributed by atoms with E-state index in [1.165, 1.54) is 4.90 Å². The first-order valence-corrected chi connectivity index (χ1v) is 14.8. The van der Waals surface area contributed by atoms with Crippen molar-refractivity contribution in [1.29, 1.82) is 0 Å². The predicted octanol–water partition coefficient (Wildman–Crippen LogP) is 6.07. The Bertz CT molecular complexity index is 2050. The van der Waals surface area contributed by atoms with Gasteiger partial charge in [-0.2, -0.15) is 0 Å². The first-order chi connectivity index (χ1) is 22.0. The van der Waals surface area contributed by atoms with Gasteiger partial charge in [0, 0.05) is 22.2 Å². The number of para-hydroxylation sites is 1. The van der Waals surface area contributed by atoms with Crippen molar-refractivity contribution in [2.24, 2.45) is 11.8 Å². The maximum absolute atomic E-state index is 14.3. The quantitative estimate of drug-likeness (QED) is 0.107. The van der Waals surface area contributed by atoms with Crippen LogP contribution in [0, 0.1) is 11.8 Å². The van der Waals surface area contributed by atoms with Crippen LogP contribution < -0.4 is 14.5 Å². The molecule has 0 radical (unpaired) electrons. The third kappa shape index (κ3) is 4.19. The maximum Gasteiger partial charge on any atom is 0.335 e. The third-order valence-electron chi connectivity index (χ3n) is 9.03. The third-order valence-corrected chi connectivity index (χ3v) is 9.03. The van der Waals surface area contributed by atoms with Crippen molar-refractivity contribution >= 4 is 51.8 Å². The second-order valence-corrected chi connectivity index (χ2v) is 11.5. The highest BCUT2D eigenvalue weighted by Gasteiger charge is 2.65. The van der Waals surface area contributed by atoms with Crippen LogP contribution in [-0.2, 0) is 14.4 Å². The lowest BCUT2D eigenvalue weighted by Crippen LogP contribution is -2.50. The minimum atomic E-state index is -1.05. The number of carbonyl (C=O) groups is 4. The molecule has 2 amide bonds. The molecule has 3 aliphatic rings. The Morgan fingerprint density at radius 3 is 2.09 bits per heavy atom. The van der Waals surface area contributed by atoms with Crippen molar-refractivity contribution in [2.45, 2.75) is 12.1 Å². The average molecular weight is 591 g/mol. The number of nitrogens with zero attached hydrogens (tertiary/aromatic N) is 2. The van der Waals surface area contributed by atoms with Crippen molar-refractivity contribution in [3.05, 3.63) is 144 Å². The molecule has 5 aromatic carbocycles. The Kier molecular flexibility index (Phi) is 6.20. The van der Waals surface area contributed by atoms with Gasteiger partial charge in [0.15, 0.2) is 5.78 Å². The number of esters is 1. The summed E-state index contributed by atoms with van der Waals surface area (Å²) in [5, 5.41) is 1.69. The van der Waals surface area contributed by atoms with Gasteiger partial charge in [-0.1, -0.05) is 97.1 Å². The van der Waals surface area contributed by atoms with E-state index in [1.807, 2.05) is 83.8 Å². The predicted molar refractivity (Wildman–Crippen MR) is 171 cm³/mol. The molecule has 2 saturated heterocycles. The van der Waals surface area contributed by atoms with Crippen molar-refractivity contribution < 1.29 is 23.9 Å². The molecule has 7 nitrogen and oxygen atoms in total. The lowest BCUT2D eigenvalue weighted by molar-refractivity contribution is -0.139. The van der Waals surface area contributed by atoms with Gasteiger partial charge in [-0.05, 0) is 47.3 Å². The van der Waals surface area contributed by atoms with E-state index in [9.17, 15) is 19.2 Å². The smallest absolute Gasteiger partial charge is 0.335 e. The largest absolute Gasteiger partial charge is 0.425 e. The number of amides is 2. The van der Waals surface area contributed by atoms with Crippen LogP contribution in [0.15, 0.2) is 127 Å². The number of hydrogen-bond acceptors (Lipinski definition) is 6. The van der Waals surface area contributed by atoms with Gasteiger partial charge in [0.05, 0.1) is 23.6 Å². The molecule has 0 N–H and O–H groups in total. The summed E-state index contributed by atoms with van der Waals surface area (Å²) in [5.74, 6) is -3.02. The minimum absolute atomic E-state index is 0.143. The molecule has 0 aliphatic carbocycles. The molecule has 45 heavy (non-hydrogen) atoms. The van der Waals surface area contributed by atoms with Crippen LogP contribution in [0.3, 0.4) is 0 Å². The monoisotopic (exact) mass is 590 g/mol. The van der Waals surface area contributed by atoms with Crippen molar-refractivity contribution in [3.63, 3.8) is 0 Å². The Morgan fingerprint density at radius 1 is 0.622 bits per heavy atom. The molecule has 218 valence electrons. The molecule has 8 rings (SSSR count). The van der Waals surface area contributed by atoms with E-state index >= 15 is 0 Å². The standard InChI is InChI=1S/C38H26N2O5/c41-35(25-11-2-1-3-12-25)26-17-20-27(21-18-26)45-38(44)34-33-32(31-22-19-24-10-5-7-15-29(24)39(31)34)36(42)40(37(33)43)30-16-8-13-23-9-4-6-14-28(23)30/h1-22,31-34H/t31-,32-,33-,34+/m0/s1. The summed E-state index contributed by atoms with van der Waals surface area (Å²) in [4.78, 5) is 58.7. The molecule has 2 fully saturated rings. The van der Waals surface area contributed by atoms with Gasteiger partial charge in [-0.15, -0.1) is 0 Å². The first-order valence-electron chi connectivity index (χ1n) is 14.8. The number of ketones is 1. The van der Waals surface area contributed by atoms with Crippen molar-refractivity contribution in [2.75, 3.05) is 9.80 Å². The molecule has 3 aliphatic heterocycles. The molecule has 7 heteroatoms. The van der Waals surface area contributed by atoms with E-state index in [1.54, 1.807) is 54.6 Å². The fraction of sp³-hybridized carbons (Fsp3) is 0.105. The average Bonchev–Trinajstić information content (AvgIpc) is 3.57. The molecule has 5 aromatic rings. The zero-order chi connectivity index (χ0) is 30.7. The van der Waals surface area contributed by atoms with E-state index in [0.717, 1.165) is 22.0 Å². The topological polar surface area (TPSA) is 84.0 Å². The number of hydrogen-bond donors (Lipinski definition) is 0. The van der Waals surface area contributed by atoms with Gasteiger partial charge >= 0.3 is 5.97 Å². The summed E-state index contributed by atoms with van der Waals surface area (Å²) in [7, 11) is 0. The second-order valence-electron chi connectivity index (χ2n) is 11.5. The molecular formula is C38H26N2O5. The van der Waals surface area contributed by atoms with Gasteiger partial charge in [0.25, 0.3) is 0 Å². The summed E-state index contributed by atoms with van der Waals surface area (Å²) in [6.45, 7) is 0. The van der Waals surface area contributed by atoms with Crippen LogP contribution in [0.1, 0.15) is 21.5 Å². The van der Waals surface area contributed by atoms with Gasteiger partial charge in [0.1, 0.15) is 11.8 Å². The van der Waals surface area contributed by atoms with Crippen LogP contribution in [0.25, 0.3) is 16.8 Å². The molecule has 0 spiro atoms. The Hall–Kier alpha value is -5.82. The van der Waals surface area contributed by atoms with Crippen molar-refractivity contribution in [1.82, 2.24) is 0 Å². The van der Waals surface area contributed by atoms with Crippen LogP contribution in [0.5, 0.6) is 5.75 Å². The number of rotatable bonds is 5. The molecule has 0 aromatic heterocycles. The van der Waals surface area contributed by atoms with E-state index in [4.69, 9.17) is 4.74 Å². The van der Waals surface area contributed by atoms with E-state index in [-0.39, 0.29) is 17.4 Å². The second kappa shape index (κ2) is 10.4. The molecule has 4 atom stereocenters. The van der Waals surface area contributed by atoms with Crippen LogP contribution in [0.2, 0.25) is 0 Å². The minimum Gasteiger partial charge on any atom is -0.425 e. The number of anilines is 2. The van der Waals surface area contributed by atoms with Gasteiger partial charge in [-0.25, -0.2) is 9.69 Å². The zero-order valence-electron chi connectivity index (χ0n) is 23.9. The molecule has 0 bridgehead atoms. The van der Waals surface area contributed by atoms with Crippen LogP contribution >= 0.6 is 0 Å². The van der Waals surface area contributed by atoms with Gasteiger partial charge in [-0.3, -0.25) is 14.4 Å². The number of ether oxygens (including phenoxy) is 1. The summed E-state index contributed by atoms with van der Waals surface area (Å²) in [6.07, 6.45) is 3.86. The fourth-order valence-corrected chi connectivity index (χ4v) is 7.03. The van der Waals surface area contributed by atoms with Gasteiger partial charge < -0.3 is 9.64 Å². The lowest BCUT2D eigenvalue weighted by atomic mass is 9.89. The summed E-state index contributed by atoms with van der Waals surface area (Å²) in [5.41, 5.74) is 3.18. The summed E-state index contributed by atoms with van der Waals surface area (Å²) in [6, 6.07) is 34.5. The van der Waals surface area contributed by atoms with E-state index < -0.39 is 35.8 Å². The number of imide groups is 1. The maximum atomic E-state index is 14.3. The molecule has 0 saturated carbocycles. The highest BCUT2D eigenvalue weighted by Crippen LogP contribution is 2.50. The Morgan fingerprint density at radius 2 is 1.27 bits per heavy atom. The summed E-state index contributed by atoms with van der Waals surface area (Å²) >= 11 is 0. The van der Waals surface area contributed by atoms with Crippen LogP contribution in [0.4, 0.5) is 11.4 Å². The fourth-order valence-electron chi connectivity index (χ4n) is 7.03. The Balaban J connectivity index is 1.15. The van der Waals surface area contributed by atoms with E-state index in [2.05, 4.69) is 0 Å². The molecular weight excluding hydrogens is 564 g/mol. The van der Waals surface area contributed by atoms with Crippen LogP contribution in [-0.4, -0.2) is 35.7 Å². The first kappa shape index (κ1) is 26.8. The Labute approximate surface area is 259 Å². The molecule has 0 unspecified atom stereocenters. The SMILES string of the molecule is O=C(c1ccccc1)c1ccc(OC(=O)[C@H]2[C@H]3C(=O)N(c4cccc5ccccc45)C(=O)[C@H]3[C@@H]3C=Cc4ccccc4N32)cc1. The lowest BCUT2D eigenvalue weighted by Gasteiger charge is -2.36. The molecule has 3 heterocycles. The normalized spacial score (nSPS) is 21.4. The number of benzene rings is 5. The van der Waals surface area contributed by atoms with Crippen molar-refractivity contribution in [3.8, 4) is 5.75 Å². The highest BCUT2D eigenvalue weighted by molar-refractivity contribution is 6.27. The van der Waals surface area contributed by atoms with Gasteiger partial charge in [0.2, 0.25) is 11.8 Å². The van der Waals surface area contributed by atoms with E-state index in [0.29, 0.717) is 16.8 Å². The number of carbonyl (C=O) groups excluding carboxylic acids is 4.